The second kappa shape index (κ2) is 7.87. The van der Waals surface area contributed by atoms with Crippen LogP contribution in [0, 0.1) is 0 Å². The summed E-state index contributed by atoms with van der Waals surface area (Å²) in [6.07, 6.45) is 1.52. The third-order valence-electron chi connectivity index (χ3n) is 3.37. The molecule has 3 aromatic rings. The van der Waals surface area contributed by atoms with Gasteiger partial charge in [0.05, 0.1) is 24.2 Å². The summed E-state index contributed by atoms with van der Waals surface area (Å²) in [5, 5.41) is 17.8. The molecule has 8 nitrogen and oxygen atoms in total. The summed E-state index contributed by atoms with van der Waals surface area (Å²) < 4.78 is 12.0. The number of hydrogen-bond donors (Lipinski definition) is 1. The zero-order chi connectivity index (χ0) is 18.5. The predicted octanol–water partition coefficient (Wildman–Crippen LogP) is 2.88. The molecule has 0 fully saturated rings. The van der Waals surface area contributed by atoms with E-state index in [1.165, 1.54) is 30.2 Å². The van der Waals surface area contributed by atoms with Crippen LogP contribution < -0.4 is 0 Å². The van der Waals surface area contributed by atoms with Crippen molar-refractivity contribution in [2.75, 3.05) is 12.4 Å². The van der Waals surface area contributed by atoms with E-state index in [1.54, 1.807) is 35.8 Å². The van der Waals surface area contributed by atoms with Crippen molar-refractivity contribution in [1.29, 1.82) is 0 Å². The maximum atomic E-state index is 11.6. The lowest BCUT2D eigenvalue weighted by Gasteiger charge is -2.09. The van der Waals surface area contributed by atoms with Gasteiger partial charge in [-0.2, -0.15) is 0 Å². The normalized spacial score (nSPS) is 10.7. The first-order chi connectivity index (χ1) is 12.6. The van der Waals surface area contributed by atoms with Gasteiger partial charge in [0.1, 0.15) is 0 Å². The van der Waals surface area contributed by atoms with Crippen LogP contribution in [0.4, 0.5) is 0 Å². The smallest absolute Gasteiger partial charge is 0.335 e. The van der Waals surface area contributed by atoms with Crippen LogP contribution in [0.25, 0.3) is 17.3 Å². The quantitative estimate of drug-likeness (QED) is 0.497. The Kier molecular flexibility index (Phi) is 5.37. The molecule has 2 aromatic heterocycles. The van der Waals surface area contributed by atoms with Gasteiger partial charge in [0.2, 0.25) is 5.82 Å². The topological polar surface area (TPSA) is 107 Å². The lowest BCUT2D eigenvalue weighted by Crippen LogP contribution is -2.08. The third-order valence-corrected chi connectivity index (χ3v) is 4.27. The number of benzene rings is 1. The number of carboxylic acid groups (broad SMARTS) is 1. The molecule has 0 aliphatic carbocycles. The monoisotopic (exact) mass is 373 g/mol. The number of aromatic nitrogens is 3. The molecule has 0 unspecified atom stereocenters. The van der Waals surface area contributed by atoms with E-state index in [0.717, 1.165) is 0 Å². The molecular weight excluding hydrogens is 358 g/mol. The van der Waals surface area contributed by atoms with Gasteiger partial charge in [0, 0.05) is 5.69 Å². The highest BCUT2D eigenvalue weighted by molar-refractivity contribution is 7.99. The van der Waals surface area contributed by atoms with E-state index in [9.17, 15) is 9.59 Å². The van der Waals surface area contributed by atoms with Crippen molar-refractivity contribution in [2.45, 2.75) is 12.1 Å². The lowest BCUT2D eigenvalue weighted by molar-refractivity contribution is -0.139. The van der Waals surface area contributed by atoms with E-state index in [4.69, 9.17) is 14.3 Å². The molecule has 26 heavy (non-hydrogen) atoms. The highest BCUT2D eigenvalue weighted by atomic mass is 32.2. The minimum atomic E-state index is -1.01. The number of carbonyl (C=O) groups is 2. The first-order valence-electron chi connectivity index (χ1n) is 7.71. The molecule has 0 bridgehead atoms. The number of rotatable bonds is 7. The first kappa shape index (κ1) is 17.7. The first-order valence-corrected chi connectivity index (χ1v) is 8.70. The van der Waals surface area contributed by atoms with Gasteiger partial charge in [0.15, 0.2) is 10.9 Å². The molecule has 9 heteroatoms. The molecule has 0 aliphatic rings. The lowest BCUT2D eigenvalue weighted by atomic mass is 10.2. The van der Waals surface area contributed by atoms with E-state index in [2.05, 4.69) is 10.2 Å². The zero-order valence-electron chi connectivity index (χ0n) is 13.8. The predicted molar refractivity (Wildman–Crippen MR) is 93.4 cm³/mol. The minimum absolute atomic E-state index is 0.0807. The van der Waals surface area contributed by atoms with Crippen LogP contribution in [0.2, 0.25) is 0 Å². The maximum absolute atomic E-state index is 11.6. The van der Waals surface area contributed by atoms with Crippen molar-refractivity contribution in [2.24, 2.45) is 0 Å². The SMILES string of the molecule is CCOC(=O)CSc1nnc(-c2ccco2)n1-c1ccc(C(=O)O)cc1. The largest absolute Gasteiger partial charge is 0.478 e. The van der Waals surface area contributed by atoms with E-state index >= 15 is 0 Å². The number of aromatic carboxylic acids is 1. The molecule has 0 aliphatic heterocycles. The molecule has 0 spiro atoms. The fraction of sp³-hybridized carbons (Fsp3) is 0.176. The molecular formula is C17H15N3O5S. The molecule has 3 rings (SSSR count). The Hall–Kier alpha value is -3.07. The fourth-order valence-corrected chi connectivity index (χ4v) is 2.99. The highest BCUT2D eigenvalue weighted by Gasteiger charge is 2.19. The molecule has 134 valence electrons. The number of nitrogens with zero attached hydrogens (tertiary/aromatic N) is 3. The average molecular weight is 373 g/mol. The van der Waals surface area contributed by atoms with Crippen molar-refractivity contribution in [3.8, 4) is 17.3 Å². The second-order valence-electron chi connectivity index (χ2n) is 5.06. The summed E-state index contributed by atoms with van der Waals surface area (Å²) in [5.74, 6) is -0.333. The molecule has 0 atom stereocenters. The Labute approximate surface area is 152 Å². The Morgan fingerprint density at radius 2 is 2.00 bits per heavy atom. The van der Waals surface area contributed by atoms with Gasteiger partial charge in [-0.25, -0.2) is 4.79 Å². The number of hydrogen-bond acceptors (Lipinski definition) is 7. The summed E-state index contributed by atoms with van der Waals surface area (Å²) in [4.78, 5) is 22.7. The zero-order valence-corrected chi connectivity index (χ0v) is 14.6. The van der Waals surface area contributed by atoms with E-state index in [-0.39, 0.29) is 17.3 Å². The van der Waals surface area contributed by atoms with Gasteiger partial charge >= 0.3 is 11.9 Å². The summed E-state index contributed by atoms with van der Waals surface area (Å²) in [7, 11) is 0. The number of furan rings is 1. The Morgan fingerprint density at radius 3 is 2.62 bits per heavy atom. The molecule has 1 N–H and O–H groups in total. The second-order valence-corrected chi connectivity index (χ2v) is 6.01. The Balaban J connectivity index is 1.98. The summed E-state index contributed by atoms with van der Waals surface area (Å²) in [5.41, 5.74) is 0.819. The number of thioether (sulfide) groups is 1. The highest BCUT2D eigenvalue weighted by Crippen LogP contribution is 2.28. The minimum Gasteiger partial charge on any atom is -0.478 e. The number of carbonyl (C=O) groups excluding carboxylic acids is 1. The molecule has 1 aromatic carbocycles. The van der Waals surface area contributed by atoms with Crippen LogP contribution >= 0.6 is 11.8 Å². The molecule has 0 amide bonds. The van der Waals surface area contributed by atoms with Gasteiger partial charge in [-0.05, 0) is 43.3 Å². The van der Waals surface area contributed by atoms with Crippen molar-refractivity contribution in [3.05, 3.63) is 48.2 Å². The van der Waals surface area contributed by atoms with Crippen LogP contribution in [0.3, 0.4) is 0 Å². The molecule has 0 saturated carbocycles. The van der Waals surface area contributed by atoms with Crippen LogP contribution in [-0.2, 0) is 9.53 Å². The molecule has 0 saturated heterocycles. The Bertz CT molecular complexity index is 903. The number of carboxylic acids is 1. The van der Waals surface area contributed by atoms with Crippen molar-refractivity contribution in [3.63, 3.8) is 0 Å². The van der Waals surface area contributed by atoms with Crippen molar-refractivity contribution >= 4 is 23.7 Å². The fourth-order valence-electron chi connectivity index (χ4n) is 2.24. The average Bonchev–Trinajstić information content (AvgIpc) is 3.29. The van der Waals surface area contributed by atoms with E-state index in [1.807, 2.05) is 0 Å². The van der Waals surface area contributed by atoms with Crippen molar-refractivity contribution < 1.29 is 23.8 Å². The molecule has 2 heterocycles. The van der Waals surface area contributed by atoms with Crippen LogP contribution in [0.15, 0.2) is 52.2 Å². The summed E-state index contributed by atoms with van der Waals surface area (Å²) in [6, 6.07) is 9.74. The standard InChI is InChI=1S/C17H15N3O5S/c1-2-24-14(21)10-26-17-19-18-15(13-4-3-9-25-13)20(17)12-7-5-11(6-8-12)16(22)23/h3-9H,2,10H2,1H3,(H,22,23). The van der Waals surface area contributed by atoms with E-state index < -0.39 is 5.97 Å². The number of esters is 1. The van der Waals surface area contributed by atoms with E-state index in [0.29, 0.717) is 29.0 Å². The maximum Gasteiger partial charge on any atom is 0.335 e. The summed E-state index contributed by atoms with van der Waals surface area (Å²) in [6.45, 7) is 2.05. The van der Waals surface area contributed by atoms with Crippen molar-refractivity contribution in [1.82, 2.24) is 14.8 Å². The third kappa shape index (κ3) is 3.77. The Morgan fingerprint density at radius 1 is 1.23 bits per heavy atom. The molecule has 0 radical (unpaired) electrons. The van der Waals surface area contributed by atoms with Crippen LogP contribution in [0.1, 0.15) is 17.3 Å². The van der Waals surface area contributed by atoms with Crippen LogP contribution in [0.5, 0.6) is 0 Å². The summed E-state index contributed by atoms with van der Waals surface area (Å²) >= 11 is 1.18. The number of ether oxygens (including phenoxy) is 1. The van der Waals surface area contributed by atoms with Gasteiger partial charge in [0.25, 0.3) is 0 Å². The van der Waals surface area contributed by atoms with Crippen LogP contribution in [-0.4, -0.2) is 44.2 Å². The van der Waals surface area contributed by atoms with Gasteiger partial charge in [-0.3, -0.25) is 9.36 Å². The van der Waals surface area contributed by atoms with Gasteiger partial charge in [-0.15, -0.1) is 10.2 Å². The van der Waals surface area contributed by atoms with Gasteiger partial charge < -0.3 is 14.3 Å². The van der Waals surface area contributed by atoms with Gasteiger partial charge in [-0.1, -0.05) is 11.8 Å².